The van der Waals surface area contributed by atoms with Crippen LogP contribution < -0.4 is 0 Å². The van der Waals surface area contributed by atoms with Gasteiger partial charge in [0.15, 0.2) is 5.82 Å². The molecule has 3 nitrogen and oxygen atoms in total. The van der Waals surface area contributed by atoms with Crippen LogP contribution in [0.1, 0.15) is 11.3 Å². The van der Waals surface area contributed by atoms with E-state index in [-0.39, 0.29) is 0 Å². The second-order valence-corrected chi connectivity index (χ2v) is 15.1. The van der Waals surface area contributed by atoms with Crippen LogP contribution in [0.25, 0.3) is 101 Å². The van der Waals surface area contributed by atoms with Crippen molar-refractivity contribution in [1.29, 1.82) is 0 Å². The molecule has 284 valence electrons. The Balaban J connectivity index is 1.02. The number of hydrogen-bond acceptors (Lipinski definition) is 2. The molecule has 0 saturated carbocycles. The molecule has 0 fully saturated rings. The summed E-state index contributed by atoms with van der Waals surface area (Å²) < 4.78 is 2.33. The van der Waals surface area contributed by atoms with Crippen LogP contribution in [0.15, 0.2) is 219 Å². The van der Waals surface area contributed by atoms with Crippen LogP contribution in [0, 0.1) is 6.92 Å². The maximum atomic E-state index is 5.25. The molecule has 10 rings (SSSR count). The lowest BCUT2D eigenvalue weighted by atomic mass is 9.92. The highest BCUT2D eigenvalue weighted by atomic mass is 15.0. The summed E-state index contributed by atoms with van der Waals surface area (Å²) in [5.41, 5.74) is 16.6. The first-order valence-electron chi connectivity index (χ1n) is 20.4. The molecule has 60 heavy (non-hydrogen) atoms. The average molecular weight is 768 g/mol. The van der Waals surface area contributed by atoms with Gasteiger partial charge in [0, 0.05) is 33.5 Å². The fourth-order valence-corrected chi connectivity index (χ4v) is 8.39. The van der Waals surface area contributed by atoms with Gasteiger partial charge < -0.3 is 4.57 Å². The maximum absolute atomic E-state index is 5.25. The molecule has 0 bridgehead atoms. The van der Waals surface area contributed by atoms with E-state index < -0.39 is 0 Å². The number of benzene rings is 8. The van der Waals surface area contributed by atoms with Crippen molar-refractivity contribution < 1.29 is 0 Å². The van der Waals surface area contributed by atoms with Gasteiger partial charge in [0.1, 0.15) is 0 Å². The fourth-order valence-electron chi connectivity index (χ4n) is 8.39. The Labute approximate surface area is 350 Å². The Bertz CT molecular complexity index is 3180. The molecule has 0 aliphatic rings. The van der Waals surface area contributed by atoms with Crippen molar-refractivity contribution in [3.8, 4) is 73.0 Å². The number of para-hydroxylation sites is 1. The van der Waals surface area contributed by atoms with Gasteiger partial charge in [0.05, 0.1) is 16.9 Å². The molecule has 2 heterocycles. The molecule has 0 saturated heterocycles. The summed E-state index contributed by atoms with van der Waals surface area (Å²) in [6.07, 6.45) is 5.99. The number of nitrogens with zero attached hydrogens (tertiary/aromatic N) is 3. The number of aromatic nitrogens is 3. The Morgan fingerprint density at radius 1 is 0.433 bits per heavy atom. The lowest BCUT2D eigenvalue weighted by molar-refractivity contribution is 1.10. The highest BCUT2D eigenvalue weighted by Crippen LogP contribution is 2.39. The van der Waals surface area contributed by atoms with Crippen LogP contribution in [0.5, 0.6) is 0 Å². The van der Waals surface area contributed by atoms with Crippen molar-refractivity contribution in [1.82, 2.24) is 14.5 Å². The Kier molecular flexibility index (Phi) is 9.61. The van der Waals surface area contributed by atoms with Crippen molar-refractivity contribution in [2.45, 2.75) is 6.92 Å². The van der Waals surface area contributed by atoms with E-state index in [0.717, 1.165) is 56.0 Å². The summed E-state index contributed by atoms with van der Waals surface area (Å²) in [7, 11) is 0. The van der Waals surface area contributed by atoms with E-state index in [9.17, 15) is 0 Å². The molecule has 0 spiro atoms. The van der Waals surface area contributed by atoms with Crippen LogP contribution in [-0.4, -0.2) is 14.5 Å². The van der Waals surface area contributed by atoms with Gasteiger partial charge in [-0.3, -0.25) is 0 Å². The van der Waals surface area contributed by atoms with Gasteiger partial charge in [-0.1, -0.05) is 189 Å². The van der Waals surface area contributed by atoms with E-state index in [1.165, 1.54) is 44.1 Å². The number of allylic oxidation sites excluding steroid dienone is 2. The molecule has 0 radical (unpaired) electrons. The van der Waals surface area contributed by atoms with E-state index in [1.54, 1.807) is 0 Å². The zero-order chi connectivity index (χ0) is 40.4. The van der Waals surface area contributed by atoms with Crippen LogP contribution in [-0.2, 0) is 0 Å². The summed E-state index contributed by atoms with van der Waals surface area (Å²) in [6, 6.07) is 71.0. The van der Waals surface area contributed by atoms with Gasteiger partial charge in [-0.15, -0.1) is 0 Å². The lowest BCUT2D eigenvalue weighted by Gasteiger charge is -2.14. The van der Waals surface area contributed by atoms with E-state index in [4.69, 9.17) is 9.97 Å². The van der Waals surface area contributed by atoms with Crippen molar-refractivity contribution in [3.63, 3.8) is 0 Å². The zero-order valence-electron chi connectivity index (χ0n) is 33.3. The molecule has 10 aromatic rings. The summed E-state index contributed by atoms with van der Waals surface area (Å²) in [5, 5.41) is 3.56. The van der Waals surface area contributed by atoms with Crippen molar-refractivity contribution in [3.05, 3.63) is 230 Å². The number of hydrogen-bond donors (Lipinski definition) is 0. The van der Waals surface area contributed by atoms with Gasteiger partial charge in [-0.25, -0.2) is 9.97 Å². The fraction of sp³-hybridized carbons (Fsp3) is 0.0175. The molecule has 0 atom stereocenters. The first-order chi connectivity index (χ1) is 29.6. The van der Waals surface area contributed by atoms with Crippen LogP contribution >= 0.6 is 0 Å². The molecule has 0 unspecified atom stereocenters. The first-order valence-corrected chi connectivity index (χ1v) is 20.4. The zero-order valence-corrected chi connectivity index (χ0v) is 33.3. The molecular formula is C57H41N3. The second kappa shape index (κ2) is 15.8. The summed E-state index contributed by atoms with van der Waals surface area (Å²) in [6.45, 7) is 6.12. The topological polar surface area (TPSA) is 30.7 Å². The van der Waals surface area contributed by atoms with Crippen molar-refractivity contribution in [2.24, 2.45) is 0 Å². The third-order valence-corrected chi connectivity index (χ3v) is 11.4. The average Bonchev–Trinajstić information content (AvgIpc) is 3.61. The number of fused-ring (bicyclic) bond motifs is 2. The maximum Gasteiger partial charge on any atom is 0.160 e. The summed E-state index contributed by atoms with van der Waals surface area (Å²) in [4.78, 5) is 10.4. The van der Waals surface area contributed by atoms with Gasteiger partial charge in [0.25, 0.3) is 0 Å². The highest BCUT2D eigenvalue weighted by Gasteiger charge is 2.17. The van der Waals surface area contributed by atoms with Crippen LogP contribution in [0.3, 0.4) is 0 Å². The quantitative estimate of drug-likeness (QED) is 0.137. The molecule has 2 aromatic heterocycles. The summed E-state index contributed by atoms with van der Waals surface area (Å²) >= 11 is 0. The normalized spacial score (nSPS) is 11.4. The van der Waals surface area contributed by atoms with Crippen molar-refractivity contribution in [2.75, 3.05) is 0 Å². The predicted octanol–water partition coefficient (Wildman–Crippen LogP) is 15.1. The molecule has 3 heteroatoms. The third-order valence-electron chi connectivity index (χ3n) is 11.4. The van der Waals surface area contributed by atoms with Gasteiger partial charge in [-0.05, 0) is 93.0 Å². The third kappa shape index (κ3) is 6.82. The number of rotatable bonds is 9. The minimum absolute atomic E-state index is 0.698. The standard InChI is InChI=1S/C57H41N3/c1-3-4-24-55-39(2)52-37-46(33-36-56(52)60(55)47-20-12-7-13-21-47)42-25-29-43(30-26-42)48-34-35-51(50-23-15-14-22-49(48)50)54-38-53(44-18-10-6-11-19-44)58-57(59-54)45-31-27-41(28-32-45)40-16-8-5-9-17-40/h3-38H,1H2,2H3/b24-4-. The molecule has 0 N–H and O–H groups in total. The van der Waals surface area contributed by atoms with Crippen LogP contribution in [0.2, 0.25) is 0 Å². The van der Waals surface area contributed by atoms with Crippen molar-refractivity contribution >= 4 is 27.8 Å². The van der Waals surface area contributed by atoms with E-state index in [1.807, 2.05) is 24.3 Å². The Hall–Kier alpha value is -7.88. The smallest absolute Gasteiger partial charge is 0.160 e. The molecule has 0 aliphatic carbocycles. The minimum Gasteiger partial charge on any atom is -0.310 e. The lowest BCUT2D eigenvalue weighted by Crippen LogP contribution is -1.97. The Morgan fingerprint density at radius 3 is 1.63 bits per heavy atom. The first kappa shape index (κ1) is 36.5. The SMILES string of the molecule is C=C/C=C\c1c(C)c2cc(-c3ccc(-c4ccc(-c5cc(-c6ccccc6)nc(-c6ccc(-c7ccccc7)cc6)n5)c5ccccc45)cc3)ccc2n1-c1ccccc1. The molecular weight excluding hydrogens is 727 g/mol. The van der Waals surface area contributed by atoms with E-state index >= 15 is 0 Å². The van der Waals surface area contributed by atoms with E-state index in [0.29, 0.717) is 5.82 Å². The van der Waals surface area contributed by atoms with Gasteiger partial charge >= 0.3 is 0 Å². The van der Waals surface area contributed by atoms with E-state index in [2.05, 4.69) is 212 Å². The second-order valence-electron chi connectivity index (χ2n) is 15.1. The predicted molar refractivity (Wildman–Crippen MR) is 253 cm³/mol. The largest absolute Gasteiger partial charge is 0.310 e. The van der Waals surface area contributed by atoms with Gasteiger partial charge in [0.2, 0.25) is 0 Å². The Morgan fingerprint density at radius 2 is 0.950 bits per heavy atom. The monoisotopic (exact) mass is 767 g/mol. The molecule has 0 amide bonds. The number of aryl methyl sites for hydroxylation is 1. The summed E-state index contributed by atoms with van der Waals surface area (Å²) in [5.74, 6) is 0.698. The highest BCUT2D eigenvalue weighted by molar-refractivity contribution is 6.05. The van der Waals surface area contributed by atoms with Gasteiger partial charge in [-0.2, -0.15) is 0 Å². The molecule has 8 aromatic carbocycles. The van der Waals surface area contributed by atoms with Crippen LogP contribution in [0.4, 0.5) is 0 Å². The minimum atomic E-state index is 0.698. The molecule has 0 aliphatic heterocycles.